The molecule has 0 saturated heterocycles. The summed E-state index contributed by atoms with van der Waals surface area (Å²) in [4.78, 5) is 20.1. The second kappa shape index (κ2) is 6.12. The van der Waals surface area contributed by atoms with E-state index in [9.17, 15) is 9.59 Å². The molecular weight excluding hydrogens is 164 g/mol. The van der Waals surface area contributed by atoms with Crippen LogP contribution in [0.4, 0.5) is 0 Å². The van der Waals surface area contributed by atoms with Gasteiger partial charge in [-0.2, -0.15) is 0 Å². The van der Waals surface area contributed by atoms with Crippen molar-refractivity contribution in [3.63, 3.8) is 0 Å². The molecule has 0 fully saturated rings. The van der Waals surface area contributed by atoms with E-state index in [1.165, 1.54) is 13.8 Å². The molecule has 0 unspecified atom stereocenters. The molecule has 0 atom stereocenters. The lowest BCUT2D eigenvalue weighted by Gasteiger charge is -1.89. The third kappa shape index (κ3) is 6.94. The summed E-state index contributed by atoms with van der Waals surface area (Å²) in [6.07, 6.45) is 0. The van der Waals surface area contributed by atoms with Gasteiger partial charge in [-0.25, -0.2) is 0 Å². The zero-order chi connectivity index (χ0) is 10.3. The molecule has 0 aromatic heterocycles. The van der Waals surface area contributed by atoms with Gasteiger partial charge in [0, 0.05) is 5.56 Å². The number of carbonyl (C=O) groups excluding carboxylic acids is 2. The lowest BCUT2D eigenvalue weighted by molar-refractivity contribution is -0.114. The predicted molar refractivity (Wildman–Crippen MR) is 52.8 cm³/mol. The highest BCUT2D eigenvalue weighted by molar-refractivity contribution is 5.93. The van der Waals surface area contributed by atoms with Crippen molar-refractivity contribution in [2.45, 2.75) is 20.8 Å². The summed E-state index contributed by atoms with van der Waals surface area (Å²) in [7, 11) is 0. The zero-order valence-corrected chi connectivity index (χ0v) is 8.20. The molecule has 0 aliphatic heterocycles. The molecule has 1 aromatic carbocycles. The zero-order valence-electron chi connectivity index (χ0n) is 8.20. The maximum atomic E-state index is 10.6. The summed E-state index contributed by atoms with van der Waals surface area (Å²) in [6, 6.07) is 9.23. The molecule has 0 amide bonds. The molecule has 2 nitrogen and oxygen atoms in total. The smallest absolute Gasteiger partial charge is 0.159 e. The predicted octanol–water partition coefficient (Wildman–Crippen LogP) is 2.48. The van der Waals surface area contributed by atoms with Crippen molar-refractivity contribution in [2.24, 2.45) is 0 Å². The van der Waals surface area contributed by atoms with Gasteiger partial charge in [-0.3, -0.25) is 4.79 Å². The first-order chi connectivity index (χ1) is 6.04. The highest BCUT2D eigenvalue weighted by Crippen LogP contribution is 1.97. The second-order valence-corrected chi connectivity index (χ2v) is 2.83. The number of hydrogen-bond donors (Lipinski definition) is 0. The summed E-state index contributed by atoms with van der Waals surface area (Å²) in [5.74, 6) is 0.288. The van der Waals surface area contributed by atoms with Crippen LogP contribution in [0.25, 0.3) is 0 Å². The number of carbonyl (C=O) groups is 2. The Labute approximate surface area is 78.6 Å². The minimum Gasteiger partial charge on any atom is -0.300 e. The SMILES string of the molecule is CC(=O)c1ccccc1.CC(C)=O. The molecule has 1 rings (SSSR count). The van der Waals surface area contributed by atoms with Crippen LogP contribution in [-0.4, -0.2) is 11.6 Å². The molecule has 0 N–H and O–H groups in total. The van der Waals surface area contributed by atoms with Gasteiger partial charge in [0.1, 0.15) is 5.78 Å². The van der Waals surface area contributed by atoms with E-state index < -0.39 is 0 Å². The van der Waals surface area contributed by atoms with Crippen molar-refractivity contribution in [3.05, 3.63) is 35.9 Å². The standard InChI is InChI=1S/C8H8O.C3H6O/c1-7(9)8-5-3-2-4-6-8;1-3(2)4/h2-6H,1H3;1-2H3. The molecule has 2 heteroatoms. The minimum atomic E-state index is 0.121. The molecule has 70 valence electrons. The molecule has 0 heterocycles. The summed E-state index contributed by atoms with van der Waals surface area (Å²) < 4.78 is 0. The van der Waals surface area contributed by atoms with Crippen molar-refractivity contribution < 1.29 is 9.59 Å². The summed E-state index contributed by atoms with van der Waals surface area (Å²) in [5, 5.41) is 0. The first-order valence-electron chi connectivity index (χ1n) is 4.07. The number of ketones is 2. The van der Waals surface area contributed by atoms with Crippen LogP contribution >= 0.6 is 0 Å². The molecule has 0 saturated carbocycles. The molecule has 0 aliphatic carbocycles. The monoisotopic (exact) mass is 178 g/mol. The summed E-state index contributed by atoms with van der Waals surface area (Å²) in [5.41, 5.74) is 0.775. The number of Topliss-reactive ketones (excluding diaryl/α,β-unsaturated/α-hetero) is 2. The highest BCUT2D eigenvalue weighted by Gasteiger charge is 1.92. The van der Waals surface area contributed by atoms with Gasteiger partial charge >= 0.3 is 0 Å². The van der Waals surface area contributed by atoms with Gasteiger partial charge < -0.3 is 4.79 Å². The van der Waals surface area contributed by atoms with E-state index in [2.05, 4.69) is 0 Å². The van der Waals surface area contributed by atoms with Gasteiger partial charge in [0.05, 0.1) is 0 Å². The van der Waals surface area contributed by atoms with Gasteiger partial charge in [-0.15, -0.1) is 0 Å². The van der Waals surface area contributed by atoms with E-state index >= 15 is 0 Å². The number of hydrogen-bond acceptors (Lipinski definition) is 2. The summed E-state index contributed by atoms with van der Waals surface area (Å²) >= 11 is 0. The van der Waals surface area contributed by atoms with E-state index in [0.29, 0.717) is 0 Å². The second-order valence-electron chi connectivity index (χ2n) is 2.83. The average molecular weight is 178 g/mol. The Morgan fingerprint density at radius 1 is 0.923 bits per heavy atom. The molecule has 0 aliphatic rings. The van der Waals surface area contributed by atoms with Crippen LogP contribution in [0.1, 0.15) is 31.1 Å². The Morgan fingerprint density at radius 3 is 1.54 bits per heavy atom. The van der Waals surface area contributed by atoms with Gasteiger partial charge in [0.15, 0.2) is 5.78 Å². The average Bonchev–Trinajstić information content (AvgIpc) is 2.05. The van der Waals surface area contributed by atoms with Crippen molar-refractivity contribution in [3.8, 4) is 0 Å². The fraction of sp³-hybridized carbons (Fsp3) is 0.273. The van der Waals surface area contributed by atoms with Crippen molar-refractivity contribution in [1.82, 2.24) is 0 Å². The van der Waals surface area contributed by atoms with E-state index in [1.807, 2.05) is 30.3 Å². The minimum absolute atomic E-state index is 0.121. The quantitative estimate of drug-likeness (QED) is 0.619. The van der Waals surface area contributed by atoms with Crippen LogP contribution in [0.5, 0.6) is 0 Å². The Bertz CT molecular complexity index is 271. The molecule has 1 aromatic rings. The van der Waals surface area contributed by atoms with Gasteiger partial charge in [0.2, 0.25) is 0 Å². The van der Waals surface area contributed by atoms with Crippen LogP contribution in [-0.2, 0) is 4.79 Å². The molecule has 13 heavy (non-hydrogen) atoms. The fourth-order valence-electron chi connectivity index (χ4n) is 0.673. The Hall–Kier alpha value is -1.44. The first kappa shape index (κ1) is 11.6. The lowest BCUT2D eigenvalue weighted by atomic mass is 10.2. The largest absolute Gasteiger partial charge is 0.300 e. The van der Waals surface area contributed by atoms with E-state index in [4.69, 9.17) is 0 Å². The highest BCUT2D eigenvalue weighted by atomic mass is 16.1. The van der Waals surface area contributed by atoms with Crippen LogP contribution in [0.2, 0.25) is 0 Å². The van der Waals surface area contributed by atoms with Crippen LogP contribution in [0.15, 0.2) is 30.3 Å². The van der Waals surface area contributed by atoms with Crippen molar-refractivity contribution in [1.29, 1.82) is 0 Å². The van der Waals surface area contributed by atoms with E-state index in [0.717, 1.165) is 5.56 Å². The molecule has 0 radical (unpaired) electrons. The van der Waals surface area contributed by atoms with Crippen LogP contribution < -0.4 is 0 Å². The maximum Gasteiger partial charge on any atom is 0.159 e. The first-order valence-corrected chi connectivity index (χ1v) is 4.07. The maximum absolute atomic E-state index is 10.6. The normalized spacial score (nSPS) is 8.23. The van der Waals surface area contributed by atoms with Gasteiger partial charge in [0.25, 0.3) is 0 Å². The van der Waals surface area contributed by atoms with Gasteiger partial charge in [-0.05, 0) is 20.8 Å². The summed E-state index contributed by atoms with van der Waals surface area (Å²) in [6.45, 7) is 4.62. The molecule has 0 spiro atoms. The topological polar surface area (TPSA) is 34.1 Å². The third-order valence-electron chi connectivity index (χ3n) is 1.18. The van der Waals surface area contributed by atoms with E-state index in [1.54, 1.807) is 6.92 Å². The van der Waals surface area contributed by atoms with Crippen LogP contribution in [0.3, 0.4) is 0 Å². The van der Waals surface area contributed by atoms with Gasteiger partial charge in [-0.1, -0.05) is 30.3 Å². The van der Waals surface area contributed by atoms with Crippen LogP contribution in [0, 0.1) is 0 Å². The number of rotatable bonds is 1. The Kier molecular flexibility index (Phi) is 5.44. The third-order valence-corrected chi connectivity index (χ3v) is 1.18. The number of benzene rings is 1. The lowest BCUT2D eigenvalue weighted by Crippen LogP contribution is -1.88. The van der Waals surface area contributed by atoms with Crippen molar-refractivity contribution >= 4 is 11.6 Å². The fourth-order valence-corrected chi connectivity index (χ4v) is 0.673. The Morgan fingerprint density at radius 2 is 1.31 bits per heavy atom. The van der Waals surface area contributed by atoms with Crippen molar-refractivity contribution in [2.75, 3.05) is 0 Å². The Balaban J connectivity index is 0.000000310. The molecule has 0 bridgehead atoms. The molecular formula is C11H14O2. The van der Waals surface area contributed by atoms with E-state index in [-0.39, 0.29) is 11.6 Å².